The highest BCUT2D eigenvalue weighted by atomic mass is 32.1. The Bertz CT molecular complexity index is 811. The second-order valence-corrected chi connectivity index (χ2v) is 6.29. The van der Waals surface area contributed by atoms with Crippen molar-refractivity contribution in [2.75, 3.05) is 11.1 Å². The third-order valence-corrected chi connectivity index (χ3v) is 4.61. The molecule has 1 fully saturated rings. The standard InChI is InChI=1S/C17H19N3O4S/c1-10-14(21)12(9-25)24-16(10)20-8-7-13(19-17(20)23)18-15(22)11-5-3-2-4-6-11/h2-8,10,12,14,16,21,25H,9H2,1H3,(H,18,19,22,23)/t10-,12-,14+,16-/m1/s1. The SMILES string of the molecule is C[C@@H]1[C@H](O)[C@@H](CS)O[C@H]1n1ccc(NC(=O)c2ccccc2)nc1=O. The molecule has 0 radical (unpaired) electrons. The number of nitrogens with zero attached hydrogens (tertiary/aromatic N) is 2. The average Bonchev–Trinajstić information content (AvgIpc) is 2.91. The summed E-state index contributed by atoms with van der Waals surface area (Å²) in [6.45, 7) is 1.80. The Hall–Kier alpha value is -2.16. The summed E-state index contributed by atoms with van der Waals surface area (Å²) >= 11 is 4.15. The molecule has 1 aromatic heterocycles. The zero-order chi connectivity index (χ0) is 18.0. The van der Waals surface area contributed by atoms with Gasteiger partial charge in [0, 0.05) is 23.4 Å². The fourth-order valence-electron chi connectivity index (χ4n) is 2.81. The highest BCUT2D eigenvalue weighted by molar-refractivity contribution is 7.80. The van der Waals surface area contributed by atoms with Gasteiger partial charge in [0.25, 0.3) is 5.91 Å². The minimum absolute atomic E-state index is 0.159. The van der Waals surface area contributed by atoms with Crippen LogP contribution in [0.5, 0.6) is 0 Å². The third-order valence-electron chi connectivity index (χ3n) is 4.25. The molecule has 1 aliphatic rings. The molecule has 8 heteroatoms. The molecule has 132 valence electrons. The average molecular weight is 361 g/mol. The molecule has 2 N–H and O–H groups in total. The number of aliphatic hydroxyl groups excluding tert-OH is 1. The van der Waals surface area contributed by atoms with Crippen LogP contribution in [-0.4, -0.2) is 38.5 Å². The van der Waals surface area contributed by atoms with Gasteiger partial charge < -0.3 is 15.2 Å². The predicted molar refractivity (Wildman–Crippen MR) is 95.8 cm³/mol. The number of hydrogen-bond acceptors (Lipinski definition) is 6. The quantitative estimate of drug-likeness (QED) is 0.714. The first-order valence-corrected chi connectivity index (χ1v) is 8.54. The number of thiol groups is 1. The lowest BCUT2D eigenvalue weighted by Crippen LogP contribution is -2.31. The van der Waals surface area contributed by atoms with Crippen molar-refractivity contribution in [2.24, 2.45) is 5.92 Å². The van der Waals surface area contributed by atoms with E-state index < -0.39 is 24.1 Å². The van der Waals surface area contributed by atoms with E-state index in [1.807, 2.05) is 6.07 Å². The van der Waals surface area contributed by atoms with E-state index in [2.05, 4.69) is 22.9 Å². The number of aliphatic hydroxyl groups is 1. The van der Waals surface area contributed by atoms with Gasteiger partial charge in [-0.3, -0.25) is 9.36 Å². The summed E-state index contributed by atoms with van der Waals surface area (Å²) in [4.78, 5) is 28.3. The van der Waals surface area contributed by atoms with E-state index in [0.29, 0.717) is 11.3 Å². The maximum absolute atomic E-state index is 12.3. The number of aromatic nitrogens is 2. The second-order valence-electron chi connectivity index (χ2n) is 5.92. The Morgan fingerprint density at radius 1 is 1.36 bits per heavy atom. The molecule has 0 aliphatic carbocycles. The number of carbonyl (C=O) groups is 1. The first kappa shape index (κ1) is 17.7. The molecule has 0 unspecified atom stereocenters. The van der Waals surface area contributed by atoms with Crippen molar-refractivity contribution in [1.82, 2.24) is 9.55 Å². The van der Waals surface area contributed by atoms with Gasteiger partial charge in [-0.25, -0.2) is 4.79 Å². The van der Waals surface area contributed by atoms with E-state index in [1.54, 1.807) is 31.2 Å². The number of hydrogen-bond donors (Lipinski definition) is 3. The Balaban J connectivity index is 1.78. The highest BCUT2D eigenvalue weighted by Gasteiger charge is 2.41. The van der Waals surface area contributed by atoms with Crippen LogP contribution in [0.15, 0.2) is 47.4 Å². The fraction of sp³-hybridized carbons (Fsp3) is 0.353. The molecule has 7 nitrogen and oxygen atoms in total. The topological polar surface area (TPSA) is 93.4 Å². The number of ether oxygens (including phenoxy) is 1. The molecule has 4 atom stereocenters. The Morgan fingerprint density at radius 3 is 2.68 bits per heavy atom. The molecular formula is C17H19N3O4S. The van der Waals surface area contributed by atoms with Gasteiger partial charge in [0.15, 0.2) is 0 Å². The molecule has 2 heterocycles. The summed E-state index contributed by atoms with van der Waals surface area (Å²) < 4.78 is 7.02. The molecule has 1 aromatic carbocycles. The monoisotopic (exact) mass is 361 g/mol. The van der Waals surface area contributed by atoms with Gasteiger partial charge in [0.2, 0.25) is 0 Å². The van der Waals surface area contributed by atoms with Crippen molar-refractivity contribution in [3.8, 4) is 0 Å². The first-order valence-electron chi connectivity index (χ1n) is 7.91. The van der Waals surface area contributed by atoms with Crippen LogP contribution >= 0.6 is 12.6 Å². The van der Waals surface area contributed by atoms with Crippen LogP contribution in [0.4, 0.5) is 5.82 Å². The van der Waals surface area contributed by atoms with Crippen LogP contribution < -0.4 is 11.0 Å². The number of amides is 1. The molecule has 0 bridgehead atoms. The zero-order valence-electron chi connectivity index (χ0n) is 13.6. The van der Waals surface area contributed by atoms with Gasteiger partial charge in [-0.15, -0.1) is 0 Å². The number of anilines is 1. The normalized spacial score (nSPS) is 25.7. The van der Waals surface area contributed by atoms with E-state index in [4.69, 9.17) is 4.74 Å². The number of benzene rings is 1. The van der Waals surface area contributed by atoms with Crippen LogP contribution in [0.2, 0.25) is 0 Å². The van der Waals surface area contributed by atoms with Crippen LogP contribution in [0.1, 0.15) is 23.5 Å². The predicted octanol–water partition coefficient (Wildman–Crippen LogP) is 1.32. The third kappa shape index (κ3) is 3.60. The summed E-state index contributed by atoms with van der Waals surface area (Å²) in [7, 11) is 0. The van der Waals surface area contributed by atoms with E-state index in [0.717, 1.165) is 0 Å². The van der Waals surface area contributed by atoms with Crippen molar-refractivity contribution < 1.29 is 14.6 Å². The number of carbonyl (C=O) groups excluding carboxylic acids is 1. The minimum Gasteiger partial charge on any atom is -0.390 e. The van der Waals surface area contributed by atoms with Crippen LogP contribution in [0.3, 0.4) is 0 Å². The second kappa shape index (κ2) is 7.38. The summed E-state index contributed by atoms with van der Waals surface area (Å²) in [5.74, 6) is -0.107. The van der Waals surface area contributed by atoms with Crippen molar-refractivity contribution in [1.29, 1.82) is 0 Å². The Labute approximate surface area is 150 Å². The van der Waals surface area contributed by atoms with Gasteiger partial charge >= 0.3 is 5.69 Å². The lowest BCUT2D eigenvalue weighted by molar-refractivity contribution is -0.0117. The van der Waals surface area contributed by atoms with Crippen molar-refractivity contribution in [3.05, 3.63) is 58.6 Å². The van der Waals surface area contributed by atoms with Gasteiger partial charge in [0.1, 0.15) is 12.0 Å². The van der Waals surface area contributed by atoms with Gasteiger partial charge in [-0.05, 0) is 18.2 Å². The van der Waals surface area contributed by atoms with Crippen molar-refractivity contribution in [2.45, 2.75) is 25.4 Å². The van der Waals surface area contributed by atoms with E-state index >= 15 is 0 Å². The molecule has 25 heavy (non-hydrogen) atoms. The highest BCUT2D eigenvalue weighted by Crippen LogP contribution is 2.33. The van der Waals surface area contributed by atoms with Crippen LogP contribution in [0, 0.1) is 5.92 Å². The van der Waals surface area contributed by atoms with E-state index in [-0.39, 0.29) is 17.6 Å². The maximum atomic E-state index is 12.3. The summed E-state index contributed by atoms with van der Waals surface area (Å²) in [5, 5.41) is 12.7. The number of rotatable bonds is 4. The maximum Gasteiger partial charge on any atom is 0.351 e. The summed E-state index contributed by atoms with van der Waals surface area (Å²) in [6.07, 6.45) is -0.254. The molecule has 2 aromatic rings. The molecule has 0 saturated carbocycles. The minimum atomic E-state index is -0.702. The molecule has 0 spiro atoms. The van der Waals surface area contributed by atoms with Gasteiger partial charge in [-0.1, -0.05) is 25.1 Å². The molecule has 3 rings (SSSR count). The zero-order valence-corrected chi connectivity index (χ0v) is 14.5. The van der Waals surface area contributed by atoms with E-state index in [9.17, 15) is 14.7 Å². The summed E-state index contributed by atoms with van der Waals surface area (Å²) in [6, 6.07) is 10.2. The molecular weight excluding hydrogens is 342 g/mol. The van der Waals surface area contributed by atoms with Crippen LogP contribution in [-0.2, 0) is 4.74 Å². The molecule has 1 saturated heterocycles. The van der Waals surface area contributed by atoms with E-state index in [1.165, 1.54) is 16.8 Å². The Morgan fingerprint density at radius 2 is 2.08 bits per heavy atom. The fourth-order valence-corrected chi connectivity index (χ4v) is 3.12. The number of nitrogens with one attached hydrogen (secondary N) is 1. The van der Waals surface area contributed by atoms with Crippen LogP contribution in [0.25, 0.3) is 0 Å². The smallest absolute Gasteiger partial charge is 0.351 e. The van der Waals surface area contributed by atoms with Gasteiger partial charge in [-0.2, -0.15) is 17.6 Å². The lowest BCUT2D eigenvalue weighted by Gasteiger charge is -2.18. The van der Waals surface area contributed by atoms with Crippen molar-refractivity contribution >= 4 is 24.4 Å². The van der Waals surface area contributed by atoms with Crippen molar-refractivity contribution in [3.63, 3.8) is 0 Å². The first-order chi connectivity index (χ1) is 12.0. The molecule has 1 amide bonds. The van der Waals surface area contributed by atoms with Gasteiger partial charge in [0.05, 0.1) is 12.2 Å². The Kier molecular flexibility index (Phi) is 5.22. The molecule has 1 aliphatic heterocycles. The lowest BCUT2D eigenvalue weighted by atomic mass is 10.0. The largest absolute Gasteiger partial charge is 0.390 e. The summed E-state index contributed by atoms with van der Waals surface area (Å²) in [5.41, 5.74) is -0.0873.